The van der Waals surface area contributed by atoms with Crippen LogP contribution in [-0.2, 0) is 0 Å². The molecule has 0 bridgehead atoms. The molecule has 2 aliphatic heterocycles. The smallest absolute Gasteiger partial charge is 0.321 e. The number of likely N-dealkylation sites (tertiary alicyclic amines) is 1. The zero-order valence-corrected chi connectivity index (χ0v) is 19.9. The lowest BCUT2D eigenvalue weighted by Crippen LogP contribution is -2.62. The van der Waals surface area contributed by atoms with E-state index in [1.165, 1.54) is 0 Å². The summed E-state index contributed by atoms with van der Waals surface area (Å²) in [6.07, 6.45) is 19.0. The molecule has 0 aromatic carbocycles. The van der Waals surface area contributed by atoms with E-state index in [4.69, 9.17) is 0 Å². The number of nitrogens with zero attached hydrogens (tertiary/aromatic N) is 2. The van der Waals surface area contributed by atoms with Crippen LogP contribution in [0.3, 0.4) is 0 Å². The van der Waals surface area contributed by atoms with E-state index in [9.17, 15) is 4.79 Å². The van der Waals surface area contributed by atoms with Gasteiger partial charge in [-0.15, -0.1) is 9.24 Å². The van der Waals surface area contributed by atoms with Crippen molar-refractivity contribution in [2.45, 2.75) is 46.1 Å². The van der Waals surface area contributed by atoms with Crippen molar-refractivity contribution < 1.29 is 4.79 Å². The van der Waals surface area contributed by atoms with Crippen molar-refractivity contribution in [3.8, 4) is 0 Å². The number of amides is 2. The summed E-state index contributed by atoms with van der Waals surface area (Å²) in [7, 11) is 2.42. The summed E-state index contributed by atoms with van der Waals surface area (Å²) in [5.74, 6) is 0. The summed E-state index contributed by atoms with van der Waals surface area (Å²) in [5, 5.41) is 2.91. The predicted molar refractivity (Wildman–Crippen MR) is 132 cm³/mol. The molecule has 2 heterocycles. The average Bonchev–Trinajstić information content (AvgIpc) is 2.82. The van der Waals surface area contributed by atoms with Crippen LogP contribution in [0.25, 0.3) is 0 Å². The minimum Gasteiger partial charge on any atom is -0.365 e. The van der Waals surface area contributed by atoms with Gasteiger partial charge in [-0.3, -0.25) is 0 Å². The zero-order valence-electron chi connectivity index (χ0n) is 18.7. The van der Waals surface area contributed by atoms with Gasteiger partial charge in [0.1, 0.15) is 0 Å². The Bertz CT molecular complexity index is 614. The summed E-state index contributed by atoms with van der Waals surface area (Å²) >= 11 is 0. The van der Waals surface area contributed by atoms with Gasteiger partial charge >= 0.3 is 6.03 Å². The number of urea groups is 1. The summed E-state index contributed by atoms with van der Waals surface area (Å²) in [6.45, 7) is 18.3. The highest BCUT2D eigenvalue weighted by Gasteiger charge is 2.34. The largest absolute Gasteiger partial charge is 0.365 e. The van der Waals surface area contributed by atoms with Crippen molar-refractivity contribution in [3.63, 3.8) is 0 Å². The van der Waals surface area contributed by atoms with Crippen molar-refractivity contribution in [1.29, 1.82) is 0 Å². The normalized spacial score (nSPS) is 19.3. The molecule has 29 heavy (non-hydrogen) atoms. The van der Waals surface area contributed by atoms with E-state index in [1.54, 1.807) is 6.08 Å². The first-order valence-corrected chi connectivity index (χ1v) is 11.7. The molecule has 0 aliphatic carbocycles. The van der Waals surface area contributed by atoms with Crippen LogP contribution in [0.15, 0.2) is 73.2 Å². The Morgan fingerprint density at radius 1 is 1.31 bits per heavy atom. The molecule has 2 aliphatic rings. The van der Waals surface area contributed by atoms with E-state index in [0.29, 0.717) is 6.04 Å². The maximum atomic E-state index is 12.4. The Morgan fingerprint density at radius 3 is 2.62 bits per heavy atom. The maximum absolute atomic E-state index is 12.4. The monoisotopic (exact) mass is 417 g/mol. The third-order valence-electron chi connectivity index (χ3n) is 4.38. The van der Waals surface area contributed by atoms with E-state index in [2.05, 4.69) is 51.7 Å². The van der Waals surface area contributed by atoms with Crippen LogP contribution >= 0.6 is 9.24 Å². The number of rotatable bonds is 5. The molecule has 2 amide bonds. The molecule has 0 saturated carbocycles. The van der Waals surface area contributed by atoms with E-state index >= 15 is 0 Å². The Kier molecular flexibility index (Phi) is 15.7. The molecular weight excluding hydrogens is 377 g/mol. The topological polar surface area (TPSA) is 35.6 Å². The molecule has 0 spiro atoms. The zero-order chi connectivity index (χ0) is 22.1. The first-order chi connectivity index (χ1) is 14.2. The molecule has 1 N–H and O–H groups in total. The van der Waals surface area contributed by atoms with Crippen molar-refractivity contribution in [2.24, 2.45) is 0 Å². The summed E-state index contributed by atoms with van der Waals surface area (Å²) in [4.78, 5) is 16.5. The Balaban J connectivity index is 0.00000184. The van der Waals surface area contributed by atoms with Gasteiger partial charge in [0.2, 0.25) is 0 Å². The molecule has 1 atom stereocenters. The molecule has 0 aromatic rings. The number of carbonyl (C=O) groups excluding carboxylic acids is 1. The third kappa shape index (κ3) is 9.80. The highest BCUT2D eigenvalue weighted by Crippen LogP contribution is 2.21. The number of hydrogen-bond donors (Lipinski definition) is 1. The lowest BCUT2D eigenvalue weighted by Gasteiger charge is -2.46. The van der Waals surface area contributed by atoms with Gasteiger partial charge in [0.05, 0.1) is 6.04 Å². The molecule has 0 aromatic heterocycles. The van der Waals surface area contributed by atoms with Crippen LogP contribution in [0.2, 0.25) is 0 Å². The molecule has 4 nitrogen and oxygen atoms in total. The minimum absolute atomic E-state index is 0.0700. The Morgan fingerprint density at radius 2 is 2.00 bits per heavy atom. The van der Waals surface area contributed by atoms with Gasteiger partial charge in [0.15, 0.2) is 0 Å². The first-order valence-electron chi connectivity index (χ1n) is 10.6. The summed E-state index contributed by atoms with van der Waals surface area (Å²) < 4.78 is 0. The molecule has 1 saturated heterocycles. The van der Waals surface area contributed by atoms with E-state index in [-0.39, 0.29) is 6.03 Å². The van der Waals surface area contributed by atoms with Crippen molar-refractivity contribution in [1.82, 2.24) is 15.1 Å². The molecule has 0 radical (unpaired) electrons. The summed E-state index contributed by atoms with van der Waals surface area (Å²) in [6, 6.07) is 0.275. The minimum atomic E-state index is -0.0700. The van der Waals surface area contributed by atoms with Gasteiger partial charge in [-0.1, -0.05) is 71.0 Å². The van der Waals surface area contributed by atoms with Crippen LogP contribution in [0, 0.1) is 0 Å². The highest BCUT2D eigenvalue weighted by molar-refractivity contribution is 7.15. The van der Waals surface area contributed by atoms with Gasteiger partial charge in [-0.05, 0) is 37.5 Å². The molecule has 1 fully saturated rings. The van der Waals surface area contributed by atoms with Gasteiger partial charge in [-0.25, -0.2) is 4.79 Å². The van der Waals surface area contributed by atoms with Gasteiger partial charge in [0.25, 0.3) is 0 Å². The van der Waals surface area contributed by atoms with E-state index < -0.39 is 0 Å². The van der Waals surface area contributed by atoms with Crippen LogP contribution < -0.4 is 5.32 Å². The van der Waals surface area contributed by atoms with Crippen LogP contribution in [0.1, 0.15) is 40.0 Å². The van der Waals surface area contributed by atoms with Crippen molar-refractivity contribution in [3.05, 3.63) is 73.2 Å². The van der Waals surface area contributed by atoms with Crippen molar-refractivity contribution in [2.75, 3.05) is 26.3 Å². The number of hydrogen-bond acceptors (Lipinski definition) is 2. The molecule has 162 valence electrons. The Hall–Kier alpha value is -2.06. The number of allylic oxidation sites excluding steroid dienone is 8. The Labute approximate surface area is 181 Å². The lowest BCUT2D eigenvalue weighted by atomic mass is 10.1. The van der Waals surface area contributed by atoms with Crippen LogP contribution in [0.5, 0.6) is 0 Å². The molecule has 5 heteroatoms. The SMILES string of the molecule is C=C/C(=C\C=C/CC)NC(=O)N1CC(N2CCC/C=C\C=C/C2=C)C1.CC.CP. The third-order valence-corrected chi connectivity index (χ3v) is 4.38. The average molecular weight is 418 g/mol. The fraction of sp³-hybridized carbons (Fsp3) is 0.458. The second-order valence-corrected chi connectivity index (χ2v) is 6.27. The lowest BCUT2D eigenvalue weighted by molar-refractivity contribution is 0.0804. The standard InChI is InChI=1S/C21H29N3O.C2H6.CH5P/c1-4-6-10-14-19(5-2)22-21(25)23-16-20(17-23)24-15-12-9-7-8-11-13-18(24)3;2*1-2/h5-8,10-11,13-14,20H,2-4,9,12,15-17H2,1H3,(H,22,25);1-2H3;2H2,1H3/b8-7-,10-6-,13-11-,19-14+;;. The fourth-order valence-electron chi connectivity index (χ4n) is 2.87. The molecular formula is C24H40N3OP. The van der Waals surface area contributed by atoms with Crippen LogP contribution in [0.4, 0.5) is 4.79 Å². The van der Waals surface area contributed by atoms with Gasteiger partial charge < -0.3 is 15.1 Å². The second-order valence-electron chi connectivity index (χ2n) is 6.27. The van der Waals surface area contributed by atoms with E-state index in [1.807, 2.05) is 55.8 Å². The highest BCUT2D eigenvalue weighted by atomic mass is 31.0. The van der Waals surface area contributed by atoms with Gasteiger partial charge in [-0.2, -0.15) is 0 Å². The maximum Gasteiger partial charge on any atom is 0.321 e. The van der Waals surface area contributed by atoms with E-state index in [0.717, 1.165) is 50.3 Å². The van der Waals surface area contributed by atoms with Gasteiger partial charge in [0, 0.05) is 31.0 Å². The number of carbonyl (C=O) groups is 1. The summed E-state index contributed by atoms with van der Waals surface area (Å²) in [5.41, 5.74) is 1.74. The molecule has 2 rings (SSSR count). The molecule has 1 unspecified atom stereocenters. The first kappa shape index (κ1) is 26.9. The van der Waals surface area contributed by atoms with Crippen molar-refractivity contribution >= 4 is 15.3 Å². The van der Waals surface area contributed by atoms with Crippen LogP contribution in [-0.4, -0.2) is 48.2 Å². The number of nitrogens with one attached hydrogen (secondary N) is 1. The predicted octanol–water partition coefficient (Wildman–Crippen LogP) is 5.66. The fourth-order valence-corrected chi connectivity index (χ4v) is 2.87. The second kappa shape index (κ2) is 16.9. The quantitative estimate of drug-likeness (QED) is 0.463.